The second-order valence-electron chi connectivity index (χ2n) is 1.55. The molecule has 0 bridgehead atoms. The Labute approximate surface area is 72.3 Å². The van der Waals surface area contributed by atoms with E-state index in [4.69, 9.17) is 0 Å². The molecule has 0 aliphatic heterocycles. The fourth-order valence-corrected chi connectivity index (χ4v) is 1.48. The molecule has 0 aromatic heterocycles. The van der Waals surface area contributed by atoms with Crippen molar-refractivity contribution < 1.29 is 0 Å². The van der Waals surface area contributed by atoms with Crippen LogP contribution >= 0.6 is 15.9 Å². The topological polar surface area (TPSA) is 0 Å². The summed E-state index contributed by atoms with van der Waals surface area (Å²) in [6.07, 6.45) is 0. The van der Waals surface area contributed by atoms with Gasteiger partial charge in [0.05, 0.1) is 0 Å². The van der Waals surface area contributed by atoms with E-state index in [9.17, 15) is 0 Å². The molecule has 0 amide bonds. The Kier molecular flexibility index (Phi) is 2.46. The van der Waals surface area contributed by atoms with Crippen LogP contribution in [-0.4, -0.2) is 24.7 Å². The first-order chi connectivity index (χ1) is 3.79. The number of rotatable bonds is 0. The van der Waals surface area contributed by atoms with Crippen LogP contribution in [0.3, 0.4) is 0 Å². The minimum atomic E-state index is 0.966. The number of hydrogen-bond acceptors (Lipinski definition) is 0. The standard InChI is InChI=1S/C6H4Br.Bi.2H/c7-6-4-2-1-3-5-6;;;/h2-5H;;;. The van der Waals surface area contributed by atoms with Crippen LogP contribution in [0.1, 0.15) is 0 Å². The van der Waals surface area contributed by atoms with E-state index in [2.05, 4.69) is 40.2 Å². The summed E-state index contributed by atoms with van der Waals surface area (Å²) in [5.74, 6) is 0. The average molecular weight is 367 g/mol. The van der Waals surface area contributed by atoms with Gasteiger partial charge in [0.2, 0.25) is 0 Å². The number of halogens is 1. The van der Waals surface area contributed by atoms with E-state index in [1.165, 1.54) is 7.74 Å². The maximum atomic E-state index is 3.36. The molecule has 1 aromatic rings. The summed E-state index contributed by atoms with van der Waals surface area (Å²) in [7, 11) is 0. The third kappa shape index (κ3) is 1.83. The molecule has 0 aliphatic carbocycles. The van der Waals surface area contributed by atoms with E-state index >= 15 is 0 Å². The van der Waals surface area contributed by atoms with Gasteiger partial charge in [0.25, 0.3) is 0 Å². The van der Waals surface area contributed by atoms with Crippen molar-refractivity contribution in [2.45, 2.75) is 0 Å². The Hall–Kier alpha value is 0.583. The Morgan fingerprint density at radius 2 is 1.62 bits per heavy atom. The first-order valence-corrected chi connectivity index (χ1v) is 5.34. The number of hydrogen-bond donors (Lipinski definition) is 0. The van der Waals surface area contributed by atoms with Crippen LogP contribution < -0.4 is 3.27 Å². The molecule has 8 heavy (non-hydrogen) atoms. The second kappa shape index (κ2) is 2.93. The molecule has 0 nitrogen and oxygen atoms in total. The van der Waals surface area contributed by atoms with Crippen LogP contribution in [0.5, 0.6) is 0 Å². The number of benzene rings is 1. The fraction of sp³-hybridized carbons (Fsp3) is 0. The second-order valence-corrected chi connectivity index (χ2v) is 5.06. The first kappa shape index (κ1) is 6.70. The third-order valence-corrected chi connectivity index (χ3v) is 2.89. The molecule has 0 N–H and O–H groups in total. The Balaban J connectivity index is 3.03. The van der Waals surface area contributed by atoms with Gasteiger partial charge in [-0.3, -0.25) is 0 Å². The molecule has 2 heteroatoms. The molecule has 42 valence electrons. The van der Waals surface area contributed by atoms with Crippen LogP contribution in [0.2, 0.25) is 0 Å². The molecule has 0 atom stereocenters. The Morgan fingerprint density at radius 3 is 2.00 bits per heavy atom. The Bertz CT molecular complexity index is 147. The van der Waals surface area contributed by atoms with Gasteiger partial charge in [-0.25, -0.2) is 0 Å². The summed E-state index contributed by atoms with van der Waals surface area (Å²) in [6, 6.07) is 8.45. The van der Waals surface area contributed by atoms with Crippen molar-refractivity contribution in [2.75, 3.05) is 0 Å². The van der Waals surface area contributed by atoms with Crippen LogP contribution in [0.4, 0.5) is 0 Å². The average Bonchev–Trinajstić information content (AvgIpc) is 1.77. The van der Waals surface area contributed by atoms with Crippen LogP contribution in [0.15, 0.2) is 28.7 Å². The molecule has 0 saturated carbocycles. The molecule has 0 saturated heterocycles. The molecule has 1 aromatic carbocycles. The van der Waals surface area contributed by atoms with Crippen molar-refractivity contribution in [3.8, 4) is 0 Å². The monoisotopic (exact) mass is 366 g/mol. The van der Waals surface area contributed by atoms with Gasteiger partial charge in [-0.15, -0.1) is 0 Å². The van der Waals surface area contributed by atoms with Crippen molar-refractivity contribution in [2.24, 2.45) is 0 Å². The molecule has 0 spiro atoms. The van der Waals surface area contributed by atoms with Crippen LogP contribution in [0.25, 0.3) is 0 Å². The van der Waals surface area contributed by atoms with Gasteiger partial charge in [0.15, 0.2) is 0 Å². The van der Waals surface area contributed by atoms with Gasteiger partial charge in [-0.2, -0.15) is 0 Å². The summed E-state index contributed by atoms with van der Waals surface area (Å²) in [6.45, 7) is 0. The fourth-order valence-electron chi connectivity index (χ4n) is 0.463. The Morgan fingerprint density at radius 1 is 1.12 bits per heavy atom. The zero-order valence-electron chi connectivity index (χ0n) is 4.26. The summed E-state index contributed by atoms with van der Waals surface area (Å²) in [4.78, 5) is 0. The van der Waals surface area contributed by atoms with Gasteiger partial charge in [0, 0.05) is 0 Å². The maximum absolute atomic E-state index is 3.36. The van der Waals surface area contributed by atoms with Crippen molar-refractivity contribution in [1.29, 1.82) is 0 Å². The quantitative estimate of drug-likeness (QED) is 0.593. The third-order valence-electron chi connectivity index (χ3n) is 0.870. The molecule has 0 heterocycles. The molecule has 1 rings (SSSR count). The van der Waals surface area contributed by atoms with E-state index in [-0.39, 0.29) is 0 Å². The van der Waals surface area contributed by atoms with E-state index in [0.29, 0.717) is 0 Å². The molecule has 0 aliphatic rings. The van der Waals surface area contributed by atoms with E-state index in [1.54, 1.807) is 0 Å². The predicted molar refractivity (Wildman–Crippen MR) is 42.3 cm³/mol. The van der Waals surface area contributed by atoms with Crippen LogP contribution in [-0.2, 0) is 0 Å². The normalized spacial score (nSPS) is 9.25. The van der Waals surface area contributed by atoms with Gasteiger partial charge in [-0.1, -0.05) is 0 Å². The van der Waals surface area contributed by atoms with Gasteiger partial charge in [-0.05, 0) is 0 Å². The zero-order valence-corrected chi connectivity index (χ0v) is 10.3. The zero-order chi connectivity index (χ0) is 5.98. The summed E-state index contributed by atoms with van der Waals surface area (Å²) >= 11 is 4.33. The summed E-state index contributed by atoms with van der Waals surface area (Å²) in [5, 5.41) is 0. The minimum absolute atomic E-state index is 0.966. The van der Waals surface area contributed by atoms with Crippen molar-refractivity contribution in [3.05, 3.63) is 28.7 Å². The van der Waals surface area contributed by atoms with Gasteiger partial charge < -0.3 is 0 Å². The molecular formula is C6H6BiBr. The molecule has 0 unspecified atom stereocenters. The molecule has 0 radical (unpaired) electrons. The van der Waals surface area contributed by atoms with Crippen LogP contribution in [0, 0.1) is 0 Å². The van der Waals surface area contributed by atoms with Crippen molar-refractivity contribution in [3.63, 3.8) is 0 Å². The van der Waals surface area contributed by atoms with E-state index in [1.807, 2.05) is 0 Å². The summed E-state index contributed by atoms with van der Waals surface area (Å²) in [5.41, 5.74) is 0. The van der Waals surface area contributed by atoms with Crippen molar-refractivity contribution in [1.82, 2.24) is 0 Å². The van der Waals surface area contributed by atoms with E-state index < -0.39 is 0 Å². The van der Waals surface area contributed by atoms with E-state index in [0.717, 1.165) is 24.7 Å². The van der Waals surface area contributed by atoms with Gasteiger partial charge >= 0.3 is 72.7 Å². The van der Waals surface area contributed by atoms with Gasteiger partial charge in [0.1, 0.15) is 0 Å². The molecule has 0 fully saturated rings. The summed E-state index contributed by atoms with van der Waals surface area (Å²) < 4.78 is 2.63. The first-order valence-electron chi connectivity index (χ1n) is 2.30. The predicted octanol–water partition coefficient (Wildman–Crippen LogP) is 0.707. The van der Waals surface area contributed by atoms with Crippen molar-refractivity contribution >= 4 is 43.9 Å². The SMILES string of the molecule is Brc1cc[c]([BiH2])cc1. The molecular weight excluding hydrogens is 361 g/mol.